The fourth-order valence-electron chi connectivity index (χ4n) is 2.66. The second-order valence-corrected chi connectivity index (χ2v) is 5.19. The van der Waals surface area contributed by atoms with Crippen LogP contribution in [0.4, 0.5) is 0 Å². The third kappa shape index (κ3) is 3.87. The van der Waals surface area contributed by atoms with Gasteiger partial charge in [0.25, 0.3) is 0 Å². The maximum atomic E-state index is 10.3. The van der Waals surface area contributed by atoms with Crippen molar-refractivity contribution < 1.29 is 19.3 Å². The summed E-state index contributed by atoms with van der Waals surface area (Å²) in [5, 5.41) is 10.3. The Morgan fingerprint density at radius 2 is 2.20 bits per heavy atom. The standard InChI is InChI=1S/C16H24O4/c1-18-13-8-9-14(16(11-13)19-2)15(17)7-3-5-12-6-4-10-20-12/h8-9,11-12,15,17H,3-7,10H2,1-2H3. The van der Waals surface area contributed by atoms with Crippen molar-refractivity contribution in [2.24, 2.45) is 0 Å². The van der Waals surface area contributed by atoms with E-state index in [4.69, 9.17) is 14.2 Å². The molecule has 0 aliphatic carbocycles. The summed E-state index contributed by atoms with van der Waals surface area (Å²) in [4.78, 5) is 0. The van der Waals surface area contributed by atoms with Crippen LogP contribution in [0.3, 0.4) is 0 Å². The lowest BCUT2D eigenvalue weighted by atomic mass is 10.0. The minimum absolute atomic E-state index is 0.389. The predicted molar refractivity (Wildman–Crippen MR) is 77.3 cm³/mol. The zero-order valence-corrected chi connectivity index (χ0v) is 12.3. The van der Waals surface area contributed by atoms with Crippen molar-refractivity contribution in [2.45, 2.75) is 44.3 Å². The van der Waals surface area contributed by atoms with Crippen LogP contribution < -0.4 is 9.47 Å². The number of hydrogen-bond donors (Lipinski definition) is 1. The van der Waals surface area contributed by atoms with Crippen LogP contribution in [-0.4, -0.2) is 32.0 Å². The highest BCUT2D eigenvalue weighted by molar-refractivity contribution is 5.41. The molecule has 20 heavy (non-hydrogen) atoms. The van der Waals surface area contributed by atoms with E-state index in [9.17, 15) is 5.11 Å². The van der Waals surface area contributed by atoms with Crippen LogP contribution in [0.2, 0.25) is 0 Å². The highest BCUT2D eigenvalue weighted by Gasteiger charge is 2.18. The Bertz CT molecular complexity index is 413. The van der Waals surface area contributed by atoms with Gasteiger partial charge in [-0.05, 0) is 44.2 Å². The molecule has 1 aromatic rings. The Morgan fingerprint density at radius 1 is 1.35 bits per heavy atom. The number of benzene rings is 1. The monoisotopic (exact) mass is 280 g/mol. The quantitative estimate of drug-likeness (QED) is 0.834. The summed E-state index contributed by atoms with van der Waals surface area (Å²) in [7, 11) is 3.23. The van der Waals surface area contributed by atoms with Crippen molar-refractivity contribution >= 4 is 0 Å². The largest absolute Gasteiger partial charge is 0.497 e. The van der Waals surface area contributed by atoms with Crippen molar-refractivity contribution in [1.82, 2.24) is 0 Å². The van der Waals surface area contributed by atoms with E-state index in [2.05, 4.69) is 0 Å². The molecule has 0 amide bonds. The molecular weight excluding hydrogens is 256 g/mol. The van der Waals surface area contributed by atoms with Gasteiger partial charge < -0.3 is 19.3 Å². The molecule has 1 saturated heterocycles. The molecule has 0 radical (unpaired) electrons. The number of aliphatic hydroxyl groups excluding tert-OH is 1. The normalized spacial score (nSPS) is 19.9. The van der Waals surface area contributed by atoms with Gasteiger partial charge in [-0.15, -0.1) is 0 Å². The van der Waals surface area contributed by atoms with Gasteiger partial charge in [-0.1, -0.05) is 0 Å². The molecule has 1 heterocycles. The number of aliphatic hydroxyl groups is 1. The van der Waals surface area contributed by atoms with Gasteiger partial charge in [0.15, 0.2) is 0 Å². The van der Waals surface area contributed by atoms with E-state index in [1.807, 2.05) is 12.1 Å². The molecule has 2 atom stereocenters. The molecule has 4 nitrogen and oxygen atoms in total. The van der Waals surface area contributed by atoms with Crippen molar-refractivity contribution in [3.05, 3.63) is 23.8 Å². The third-order valence-electron chi connectivity index (χ3n) is 3.83. The number of ether oxygens (including phenoxy) is 3. The number of hydrogen-bond acceptors (Lipinski definition) is 4. The first-order valence-electron chi connectivity index (χ1n) is 7.26. The first kappa shape index (κ1) is 15.1. The van der Waals surface area contributed by atoms with Crippen molar-refractivity contribution in [3.63, 3.8) is 0 Å². The van der Waals surface area contributed by atoms with Crippen LogP contribution in [-0.2, 0) is 4.74 Å². The fourth-order valence-corrected chi connectivity index (χ4v) is 2.66. The molecule has 1 aliphatic heterocycles. The SMILES string of the molecule is COc1ccc(C(O)CCCC2CCCO2)c(OC)c1. The molecule has 4 heteroatoms. The smallest absolute Gasteiger partial charge is 0.128 e. The molecule has 0 aromatic heterocycles. The average Bonchev–Trinajstić information content (AvgIpc) is 2.99. The number of methoxy groups -OCH3 is 2. The van der Waals surface area contributed by atoms with E-state index in [1.165, 1.54) is 6.42 Å². The maximum absolute atomic E-state index is 10.3. The van der Waals surface area contributed by atoms with Crippen LogP contribution in [0.15, 0.2) is 18.2 Å². The topological polar surface area (TPSA) is 47.9 Å². The highest BCUT2D eigenvalue weighted by atomic mass is 16.5. The van der Waals surface area contributed by atoms with E-state index >= 15 is 0 Å². The molecule has 112 valence electrons. The Balaban J connectivity index is 1.88. The summed E-state index contributed by atoms with van der Waals surface area (Å²) in [5.74, 6) is 1.41. The summed E-state index contributed by atoms with van der Waals surface area (Å²) in [5.41, 5.74) is 0.820. The summed E-state index contributed by atoms with van der Waals surface area (Å²) >= 11 is 0. The molecule has 1 fully saturated rings. The van der Waals surface area contributed by atoms with Gasteiger partial charge in [0, 0.05) is 18.2 Å². The zero-order chi connectivity index (χ0) is 14.4. The summed E-state index contributed by atoms with van der Waals surface area (Å²) in [6, 6.07) is 5.52. The molecular formula is C16H24O4. The van der Waals surface area contributed by atoms with Gasteiger partial charge in [0.05, 0.1) is 26.4 Å². The molecule has 0 spiro atoms. The summed E-state index contributed by atoms with van der Waals surface area (Å²) in [6.45, 7) is 0.888. The highest BCUT2D eigenvalue weighted by Crippen LogP contribution is 2.32. The molecule has 0 bridgehead atoms. The van der Waals surface area contributed by atoms with E-state index < -0.39 is 6.10 Å². The molecule has 1 aromatic carbocycles. The van der Waals surface area contributed by atoms with Crippen LogP contribution >= 0.6 is 0 Å². The van der Waals surface area contributed by atoms with Gasteiger partial charge in [-0.2, -0.15) is 0 Å². The van der Waals surface area contributed by atoms with Crippen LogP contribution in [0.5, 0.6) is 11.5 Å². The van der Waals surface area contributed by atoms with E-state index in [1.54, 1.807) is 20.3 Å². The van der Waals surface area contributed by atoms with Crippen LogP contribution in [0.1, 0.15) is 43.8 Å². The predicted octanol–water partition coefficient (Wildman–Crippen LogP) is 3.09. The van der Waals surface area contributed by atoms with Crippen molar-refractivity contribution in [2.75, 3.05) is 20.8 Å². The van der Waals surface area contributed by atoms with Gasteiger partial charge in [-0.25, -0.2) is 0 Å². The lowest BCUT2D eigenvalue weighted by molar-refractivity contribution is 0.0941. The first-order valence-corrected chi connectivity index (χ1v) is 7.26. The van der Waals surface area contributed by atoms with Gasteiger partial charge in [-0.3, -0.25) is 0 Å². The van der Waals surface area contributed by atoms with E-state index in [-0.39, 0.29) is 0 Å². The summed E-state index contributed by atoms with van der Waals surface area (Å²) < 4.78 is 16.1. The lowest BCUT2D eigenvalue weighted by Crippen LogP contribution is -2.06. The Hall–Kier alpha value is -1.26. The Morgan fingerprint density at radius 3 is 2.85 bits per heavy atom. The van der Waals surface area contributed by atoms with Crippen molar-refractivity contribution in [1.29, 1.82) is 0 Å². The molecule has 1 N–H and O–H groups in total. The van der Waals surface area contributed by atoms with Crippen molar-refractivity contribution in [3.8, 4) is 11.5 Å². The van der Waals surface area contributed by atoms with Crippen LogP contribution in [0, 0.1) is 0 Å². The zero-order valence-electron chi connectivity index (χ0n) is 12.3. The fraction of sp³-hybridized carbons (Fsp3) is 0.625. The van der Waals surface area contributed by atoms with E-state index in [0.717, 1.165) is 43.6 Å². The maximum Gasteiger partial charge on any atom is 0.128 e. The van der Waals surface area contributed by atoms with Gasteiger partial charge >= 0.3 is 0 Å². The average molecular weight is 280 g/mol. The van der Waals surface area contributed by atoms with Gasteiger partial charge in [0.1, 0.15) is 11.5 Å². The summed E-state index contributed by atoms with van der Waals surface area (Å²) in [6.07, 6.45) is 4.91. The Labute approximate surface area is 120 Å². The third-order valence-corrected chi connectivity index (χ3v) is 3.83. The molecule has 2 rings (SSSR count). The minimum atomic E-state index is -0.503. The molecule has 0 saturated carbocycles. The first-order chi connectivity index (χ1) is 9.74. The van der Waals surface area contributed by atoms with Crippen LogP contribution in [0.25, 0.3) is 0 Å². The molecule has 1 aliphatic rings. The lowest BCUT2D eigenvalue weighted by Gasteiger charge is -2.16. The van der Waals surface area contributed by atoms with Gasteiger partial charge in [0.2, 0.25) is 0 Å². The number of rotatable bonds is 7. The molecule has 2 unspecified atom stereocenters. The minimum Gasteiger partial charge on any atom is -0.497 e. The second kappa shape index (κ2) is 7.50. The van der Waals surface area contributed by atoms with E-state index in [0.29, 0.717) is 11.9 Å². The Kier molecular flexibility index (Phi) is 5.68. The second-order valence-electron chi connectivity index (χ2n) is 5.19.